The minimum atomic E-state index is 0.783. The van der Waals surface area contributed by atoms with E-state index in [4.69, 9.17) is 4.74 Å². The first kappa shape index (κ1) is 13.8. The number of benzene rings is 1. The minimum Gasteiger partial charge on any atom is -0.494 e. The number of hydrogen-bond donors (Lipinski definition) is 1. The van der Waals surface area contributed by atoms with Crippen molar-refractivity contribution in [3.8, 4) is 5.75 Å². The lowest BCUT2D eigenvalue weighted by molar-refractivity contribution is 0.317. The van der Waals surface area contributed by atoms with E-state index in [9.17, 15) is 0 Å². The number of nitrogens with one attached hydrogen (secondary N) is 1. The Bertz CT molecular complexity index is 333. The SMILES string of the molecule is CCCNCC=Cc1cccc(OCCC)c1. The normalized spacial score (nSPS) is 10.9. The van der Waals surface area contributed by atoms with Crippen molar-refractivity contribution in [2.75, 3.05) is 19.7 Å². The number of hydrogen-bond acceptors (Lipinski definition) is 2. The molecule has 0 saturated heterocycles. The molecule has 0 saturated carbocycles. The lowest BCUT2D eigenvalue weighted by atomic mass is 10.2. The summed E-state index contributed by atoms with van der Waals surface area (Å²) in [6.07, 6.45) is 6.49. The van der Waals surface area contributed by atoms with Crippen LogP contribution in [0.5, 0.6) is 5.75 Å². The van der Waals surface area contributed by atoms with Crippen LogP contribution < -0.4 is 10.1 Å². The second kappa shape index (κ2) is 8.82. The molecule has 17 heavy (non-hydrogen) atoms. The first-order chi connectivity index (χ1) is 8.36. The fourth-order valence-corrected chi connectivity index (χ4v) is 1.49. The minimum absolute atomic E-state index is 0.783. The summed E-state index contributed by atoms with van der Waals surface area (Å²) in [5.74, 6) is 0.954. The molecule has 0 heterocycles. The van der Waals surface area contributed by atoms with Gasteiger partial charge in [0.1, 0.15) is 5.75 Å². The van der Waals surface area contributed by atoms with Gasteiger partial charge in [-0.15, -0.1) is 0 Å². The molecule has 0 unspecified atom stereocenters. The van der Waals surface area contributed by atoms with Gasteiger partial charge in [-0.1, -0.05) is 38.1 Å². The van der Waals surface area contributed by atoms with Crippen molar-refractivity contribution in [2.24, 2.45) is 0 Å². The van der Waals surface area contributed by atoms with E-state index in [1.165, 1.54) is 12.0 Å². The molecule has 0 aliphatic heterocycles. The van der Waals surface area contributed by atoms with Crippen LogP contribution in [-0.4, -0.2) is 19.7 Å². The van der Waals surface area contributed by atoms with E-state index < -0.39 is 0 Å². The first-order valence-electron chi connectivity index (χ1n) is 6.47. The Hall–Kier alpha value is -1.28. The monoisotopic (exact) mass is 233 g/mol. The predicted octanol–water partition coefficient (Wildman–Crippen LogP) is 3.49. The van der Waals surface area contributed by atoms with Gasteiger partial charge in [-0.05, 0) is 37.1 Å². The number of rotatable bonds is 8. The molecule has 1 aromatic carbocycles. The molecule has 0 fully saturated rings. The highest BCUT2D eigenvalue weighted by Gasteiger charge is 1.93. The molecule has 2 heteroatoms. The maximum absolute atomic E-state index is 5.59. The zero-order valence-electron chi connectivity index (χ0n) is 10.9. The van der Waals surface area contributed by atoms with Gasteiger partial charge in [-0.25, -0.2) is 0 Å². The Balaban J connectivity index is 2.41. The molecule has 2 nitrogen and oxygen atoms in total. The summed E-state index contributed by atoms with van der Waals surface area (Å²) in [6.45, 7) is 7.07. The summed E-state index contributed by atoms with van der Waals surface area (Å²) in [6, 6.07) is 8.20. The standard InChI is InChI=1S/C15H23NO/c1-3-10-16-11-6-8-14-7-5-9-15(13-14)17-12-4-2/h5-9,13,16H,3-4,10-12H2,1-2H3. The summed E-state index contributed by atoms with van der Waals surface area (Å²) in [7, 11) is 0. The van der Waals surface area contributed by atoms with E-state index >= 15 is 0 Å². The zero-order valence-corrected chi connectivity index (χ0v) is 10.9. The van der Waals surface area contributed by atoms with Crippen LogP contribution in [0.25, 0.3) is 6.08 Å². The van der Waals surface area contributed by atoms with Crippen molar-refractivity contribution in [3.05, 3.63) is 35.9 Å². The molecule has 1 N–H and O–H groups in total. The molecule has 0 aliphatic carbocycles. The maximum atomic E-state index is 5.59. The van der Waals surface area contributed by atoms with Crippen LogP contribution in [0.1, 0.15) is 32.3 Å². The van der Waals surface area contributed by atoms with E-state index in [0.29, 0.717) is 0 Å². The average molecular weight is 233 g/mol. The molecule has 1 aromatic rings. The maximum Gasteiger partial charge on any atom is 0.119 e. The molecular weight excluding hydrogens is 210 g/mol. The summed E-state index contributed by atoms with van der Waals surface area (Å²) in [4.78, 5) is 0. The molecule has 0 spiro atoms. The van der Waals surface area contributed by atoms with Gasteiger partial charge in [-0.3, -0.25) is 0 Å². The van der Waals surface area contributed by atoms with Gasteiger partial charge in [-0.2, -0.15) is 0 Å². The van der Waals surface area contributed by atoms with Crippen LogP contribution in [0.4, 0.5) is 0 Å². The highest BCUT2D eigenvalue weighted by molar-refractivity contribution is 5.51. The van der Waals surface area contributed by atoms with E-state index in [1.54, 1.807) is 0 Å². The van der Waals surface area contributed by atoms with Crippen LogP contribution in [0.3, 0.4) is 0 Å². The zero-order chi connectivity index (χ0) is 12.3. The van der Waals surface area contributed by atoms with Crippen LogP contribution in [0.15, 0.2) is 30.3 Å². The van der Waals surface area contributed by atoms with Gasteiger partial charge < -0.3 is 10.1 Å². The van der Waals surface area contributed by atoms with E-state index in [2.05, 4.69) is 43.4 Å². The van der Waals surface area contributed by atoms with Gasteiger partial charge in [0.2, 0.25) is 0 Å². The van der Waals surface area contributed by atoms with Crippen molar-refractivity contribution >= 4 is 6.08 Å². The van der Waals surface area contributed by atoms with E-state index in [-0.39, 0.29) is 0 Å². The molecule has 0 atom stereocenters. The lowest BCUT2D eigenvalue weighted by Crippen LogP contribution is -2.13. The largest absolute Gasteiger partial charge is 0.494 e. The second-order valence-corrected chi connectivity index (χ2v) is 4.03. The Kier molecular flexibility index (Phi) is 7.15. The van der Waals surface area contributed by atoms with E-state index in [1.807, 2.05) is 12.1 Å². The van der Waals surface area contributed by atoms with Crippen LogP contribution in [0, 0.1) is 0 Å². The molecular formula is C15H23NO. The third-order valence-corrected chi connectivity index (χ3v) is 2.33. The third-order valence-electron chi connectivity index (χ3n) is 2.33. The van der Waals surface area contributed by atoms with Gasteiger partial charge in [0.25, 0.3) is 0 Å². The Morgan fingerprint density at radius 2 is 2.12 bits per heavy atom. The van der Waals surface area contributed by atoms with Gasteiger partial charge in [0.05, 0.1) is 6.61 Å². The first-order valence-corrected chi connectivity index (χ1v) is 6.47. The molecule has 0 aliphatic rings. The smallest absolute Gasteiger partial charge is 0.119 e. The van der Waals surface area contributed by atoms with Crippen molar-refractivity contribution in [1.82, 2.24) is 5.32 Å². The Morgan fingerprint density at radius 1 is 1.24 bits per heavy atom. The molecule has 0 aromatic heterocycles. The highest BCUT2D eigenvalue weighted by Crippen LogP contribution is 2.14. The molecule has 0 radical (unpaired) electrons. The quantitative estimate of drug-likeness (QED) is 0.694. The molecule has 0 amide bonds. The summed E-state index contributed by atoms with van der Waals surface area (Å²) in [5.41, 5.74) is 1.19. The molecule has 0 bridgehead atoms. The van der Waals surface area contributed by atoms with Crippen molar-refractivity contribution in [2.45, 2.75) is 26.7 Å². The molecule has 1 rings (SSSR count). The van der Waals surface area contributed by atoms with Gasteiger partial charge in [0.15, 0.2) is 0 Å². The Morgan fingerprint density at radius 3 is 2.88 bits per heavy atom. The fourth-order valence-electron chi connectivity index (χ4n) is 1.49. The van der Waals surface area contributed by atoms with Crippen LogP contribution in [0.2, 0.25) is 0 Å². The summed E-state index contributed by atoms with van der Waals surface area (Å²) >= 11 is 0. The van der Waals surface area contributed by atoms with Crippen molar-refractivity contribution < 1.29 is 4.74 Å². The van der Waals surface area contributed by atoms with E-state index in [0.717, 1.165) is 31.9 Å². The van der Waals surface area contributed by atoms with Crippen LogP contribution in [-0.2, 0) is 0 Å². The summed E-state index contributed by atoms with van der Waals surface area (Å²) < 4.78 is 5.59. The van der Waals surface area contributed by atoms with Crippen LogP contribution >= 0.6 is 0 Å². The lowest BCUT2D eigenvalue weighted by Gasteiger charge is -2.04. The average Bonchev–Trinajstić information content (AvgIpc) is 2.37. The van der Waals surface area contributed by atoms with Crippen molar-refractivity contribution in [1.29, 1.82) is 0 Å². The molecule has 94 valence electrons. The summed E-state index contributed by atoms with van der Waals surface area (Å²) in [5, 5.41) is 3.34. The predicted molar refractivity (Wildman–Crippen MR) is 74.4 cm³/mol. The fraction of sp³-hybridized carbons (Fsp3) is 0.467. The van der Waals surface area contributed by atoms with Gasteiger partial charge in [0, 0.05) is 6.54 Å². The van der Waals surface area contributed by atoms with Crippen molar-refractivity contribution in [3.63, 3.8) is 0 Å². The number of ether oxygens (including phenoxy) is 1. The second-order valence-electron chi connectivity index (χ2n) is 4.03. The highest BCUT2D eigenvalue weighted by atomic mass is 16.5. The topological polar surface area (TPSA) is 21.3 Å². The Labute approximate surface area is 105 Å². The third kappa shape index (κ3) is 6.12. The van der Waals surface area contributed by atoms with Gasteiger partial charge >= 0.3 is 0 Å².